The van der Waals surface area contributed by atoms with Gasteiger partial charge in [-0.25, -0.2) is 9.78 Å². The minimum absolute atomic E-state index is 0.0101. The number of methoxy groups -OCH3 is 1. The number of esters is 1. The van der Waals surface area contributed by atoms with Crippen molar-refractivity contribution in [2.24, 2.45) is 0 Å². The normalized spacial score (nSPS) is 10.8. The van der Waals surface area contributed by atoms with Crippen molar-refractivity contribution in [3.8, 4) is 40.1 Å². The Morgan fingerprint density at radius 2 is 1.37 bits per heavy atom. The topological polar surface area (TPSA) is 100 Å². The smallest absolute Gasteiger partial charge is 0.338 e. The van der Waals surface area contributed by atoms with E-state index in [1.807, 2.05) is 55.5 Å². The van der Waals surface area contributed by atoms with E-state index in [9.17, 15) is 4.79 Å². The number of hydrogen-bond donors (Lipinski definition) is 0. The lowest BCUT2D eigenvalue weighted by molar-refractivity contribution is 0.0468. The van der Waals surface area contributed by atoms with Crippen LogP contribution in [-0.2, 0) is 11.3 Å². The molecule has 35 heavy (non-hydrogen) atoms. The average Bonchev–Trinajstić information content (AvgIpc) is 3.58. The van der Waals surface area contributed by atoms with Crippen LogP contribution in [-0.4, -0.2) is 28.3 Å². The number of benzene rings is 3. The Morgan fingerprint density at radius 3 is 2.00 bits per heavy atom. The molecule has 8 heteroatoms. The van der Waals surface area contributed by atoms with Crippen molar-refractivity contribution < 1.29 is 23.1 Å². The molecule has 0 N–H and O–H groups in total. The van der Waals surface area contributed by atoms with Crippen molar-refractivity contribution in [1.82, 2.24) is 15.2 Å². The minimum Gasteiger partial charge on any atom is -0.497 e. The molecule has 0 atom stereocenters. The quantitative estimate of drug-likeness (QED) is 0.280. The molecule has 3 aromatic carbocycles. The molecule has 0 aliphatic heterocycles. The summed E-state index contributed by atoms with van der Waals surface area (Å²) in [5.41, 5.74) is 4.40. The van der Waals surface area contributed by atoms with Crippen LogP contribution in [0.25, 0.3) is 34.4 Å². The third-order valence-corrected chi connectivity index (χ3v) is 5.33. The number of rotatable bonds is 7. The van der Waals surface area contributed by atoms with Gasteiger partial charge >= 0.3 is 5.97 Å². The van der Waals surface area contributed by atoms with Gasteiger partial charge in [-0.05, 0) is 67.6 Å². The van der Waals surface area contributed by atoms with Crippen molar-refractivity contribution in [2.75, 3.05) is 7.11 Å². The Balaban J connectivity index is 1.20. The van der Waals surface area contributed by atoms with Crippen molar-refractivity contribution in [1.29, 1.82) is 0 Å². The Labute approximate surface area is 201 Å². The van der Waals surface area contributed by atoms with E-state index in [-0.39, 0.29) is 6.61 Å². The SMILES string of the molecule is COc1ccc(-c2nc(COC(=O)c3ccc(-c4nnc(-c5ccc(C)cc5)o4)cc3)co2)cc1. The Hall–Kier alpha value is -4.72. The van der Waals surface area contributed by atoms with Gasteiger partial charge in [-0.15, -0.1) is 10.2 Å². The van der Waals surface area contributed by atoms with Gasteiger partial charge in [-0.3, -0.25) is 0 Å². The van der Waals surface area contributed by atoms with Crippen LogP contribution in [0.1, 0.15) is 21.6 Å². The summed E-state index contributed by atoms with van der Waals surface area (Å²) < 4.78 is 21.8. The standard InChI is InChI=1S/C27H21N3O5/c1-17-3-5-19(6-4-17)25-29-30-26(35-25)20-7-9-21(10-8-20)27(31)34-16-22-15-33-24(28-22)18-11-13-23(32-2)14-12-18/h3-15H,16H2,1-2H3. The van der Waals surface area contributed by atoms with Gasteiger partial charge in [0.15, 0.2) is 0 Å². The van der Waals surface area contributed by atoms with Gasteiger partial charge < -0.3 is 18.3 Å². The van der Waals surface area contributed by atoms with Crippen LogP contribution in [0.5, 0.6) is 5.75 Å². The Bertz CT molecular complexity index is 1440. The highest BCUT2D eigenvalue weighted by atomic mass is 16.5. The molecule has 2 aromatic heterocycles. The third-order valence-electron chi connectivity index (χ3n) is 5.33. The van der Waals surface area contributed by atoms with Gasteiger partial charge in [-0.2, -0.15) is 0 Å². The zero-order valence-corrected chi connectivity index (χ0v) is 19.1. The summed E-state index contributed by atoms with van der Waals surface area (Å²) in [4.78, 5) is 16.9. The molecule has 0 amide bonds. The van der Waals surface area contributed by atoms with Crippen LogP contribution in [0.2, 0.25) is 0 Å². The lowest BCUT2D eigenvalue weighted by atomic mass is 10.1. The molecule has 0 saturated carbocycles. The number of nitrogens with zero attached hydrogens (tertiary/aromatic N) is 3. The van der Waals surface area contributed by atoms with Crippen LogP contribution in [0.3, 0.4) is 0 Å². The zero-order chi connectivity index (χ0) is 24.2. The molecule has 0 unspecified atom stereocenters. The molecule has 0 bridgehead atoms. The average molecular weight is 467 g/mol. The summed E-state index contributed by atoms with van der Waals surface area (Å²) in [5.74, 6) is 1.51. The van der Waals surface area contributed by atoms with Crippen LogP contribution < -0.4 is 4.74 Å². The van der Waals surface area contributed by atoms with E-state index in [4.69, 9.17) is 18.3 Å². The van der Waals surface area contributed by atoms with Crippen LogP contribution >= 0.6 is 0 Å². The summed E-state index contributed by atoms with van der Waals surface area (Å²) in [6.45, 7) is 2.00. The lowest BCUT2D eigenvalue weighted by Gasteiger charge is -2.03. The molecule has 8 nitrogen and oxygen atoms in total. The number of carbonyl (C=O) groups excluding carboxylic acids is 1. The molecule has 5 aromatic rings. The number of aromatic nitrogens is 3. The predicted molar refractivity (Wildman–Crippen MR) is 128 cm³/mol. The highest BCUT2D eigenvalue weighted by molar-refractivity contribution is 5.89. The van der Waals surface area contributed by atoms with E-state index in [0.717, 1.165) is 22.4 Å². The fourth-order valence-corrected chi connectivity index (χ4v) is 3.36. The summed E-state index contributed by atoms with van der Waals surface area (Å²) in [6, 6.07) is 21.9. The maximum absolute atomic E-state index is 12.5. The number of carbonyl (C=O) groups is 1. The molecule has 174 valence electrons. The first kappa shape index (κ1) is 22.1. The second-order valence-corrected chi connectivity index (χ2v) is 7.80. The zero-order valence-electron chi connectivity index (χ0n) is 19.1. The number of aryl methyl sites for hydroxylation is 1. The summed E-state index contributed by atoms with van der Waals surface area (Å²) in [6.07, 6.45) is 1.47. The van der Waals surface area contributed by atoms with Crippen LogP contribution in [0, 0.1) is 6.92 Å². The van der Waals surface area contributed by atoms with Crippen molar-refractivity contribution in [2.45, 2.75) is 13.5 Å². The molecule has 5 rings (SSSR count). The lowest BCUT2D eigenvalue weighted by Crippen LogP contribution is -2.05. The number of hydrogen-bond acceptors (Lipinski definition) is 8. The number of ether oxygens (including phenoxy) is 2. The molecule has 0 saturated heterocycles. The first-order chi connectivity index (χ1) is 17.1. The first-order valence-corrected chi connectivity index (χ1v) is 10.9. The van der Waals surface area contributed by atoms with Gasteiger partial charge in [0.2, 0.25) is 17.7 Å². The van der Waals surface area contributed by atoms with Gasteiger partial charge in [0.1, 0.15) is 24.3 Å². The molecule has 0 aliphatic rings. The van der Waals surface area contributed by atoms with Crippen LogP contribution in [0.15, 0.2) is 87.9 Å². The molecular formula is C27H21N3O5. The number of oxazole rings is 1. The van der Waals surface area contributed by atoms with Gasteiger partial charge in [0.05, 0.1) is 12.7 Å². The fourth-order valence-electron chi connectivity index (χ4n) is 3.36. The molecule has 2 heterocycles. The fraction of sp³-hybridized carbons (Fsp3) is 0.111. The van der Waals surface area contributed by atoms with Gasteiger partial charge in [0, 0.05) is 16.7 Å². The molecule has 0 spiro atoms. The monoisotopic (exact) mass is 467 g/mol. The maximum atomic E-state index is 12.5. The highest BCUT2D eigenvalue weighted by Gasteiger charge is 2.14. The highest BCUT2D eigenvalue weighted by Crippen LogP contribution is 2.25. The molecule has 0 aliphatic carbocycles. The Morgan fingerprint density at radius 1 is 0.800 bits per heavy atom. The van der Waals surface area contributed by atoms with Crippen LogP contribution in [0.4, 0.5) is 0 Å². The van der Waals surface area contributed by atoms with E-state index >= 15 is 0 Å². The summed E-state index contributed by atoms with van der Waals surface area (Å²) in [5, 5.41) is 8.23. The third kappa shape index (κ3) is 4.96. The second-order valence-electron chi connectivity index (χ2n) is 7.80. The van der Waals surface area contributed by atoms with Gasteiger partial charge in [0.25, 0.3) is 0 Å². The molecular weight excluding hydrogens is 446 g/mol. The first-order valence-electron chi connectivity index (χ1n) is 10.9. The van der Waals surface area contributed by atoms with E-state index in [2.05, 4.69) is 15.2 Å². The van der Waals surface area contributed by atoms with Crippen molar-refractivity contribution in [3.63, 3.8) is 0 Å². The van der Waals surface area contributed by atoms with E-state index in [1.165, 1.54) is 6.26 Å². The van der Waals surface area contributed by atoms with E-state index < -0.39 is 5.97 Å². The summed E-state index contributed by atoms with van der Waals surface area (Å²) in [7, 11) is 1.60. The predicted octanol–water partition coefficient (Wildman–Crippen LogP) is 5.73. The largest absolute Gasteiger partial charge is 0.497 e. The second kappa shape index (κ2) is 9.64. The molecule has 0 radical (unpaired) electrons. The van der Waals surface area contributed by atoms with Crippen molar-refractivity contribution in [3.05, 3.63) is 95.9 Å². The molecule has 0 fully saturated rings. The minimum atomic E-state index is -0.476. The summed E-state index contributed by atoms with van der Waals surface area (Å²) >= 11 is 0. The van der Waals surface area contributed by atoms with E-state index in [0.29, 0.717) is 34.5 Å². The Kier molecular flexibility index (Phi) is 6.09. The van der Waals surface area contributed by atoms with Crippen molar-refractivity contribution >= 4 is 5.97 Å². The van der Waals surface area contributed by atoms with E-state index in [1.54, 1.807) is 31.4 Å². The van der Waals surface area contributed by atoms with Gasteiger partial charge in [-0.1, -0.05) is 17.7 Å². The maximum Gasteiger partial charge on any atom is 0.338 e.